The first-order valence-corrected chi connectivity index (χ1v) is 7.53. The summed E-state index contributed by atoms with van der Waals surface area (Å²) in [5.74, 6) is -0.584. The summed E-state index contributed by atoms with van der Waals surface area (Å²) in [5, 5.41) is 11.6. The summed E-state index contributed by atoms with van der Waals surface area (Å²) in [4.78, 5) is 28.7. The highest BCUT2D eigenvalue weighted by molar-refractivity contribution is 7.09. The third kappa shape index (κ3) is 4.16. The Labute approximate surface area is 121 Å². The Morgan fingerprint density at radius 3 is 2.75 bits per heavy atom. The summed E-state index contributed by atoms with van der Waals surface area (Å²) in [6.07, 6.45) is 5.01. The van der Waals surface area contributed by atoms with Gasteiger partial charge in [-0.2, -0.15) is 0 Å². The molecule has 1 aliphatic heterocycles. The van der Waals surface area contributed by atoms with Crippen LogP contribution in [-0.4, -0.2) is 40.0 Å². The van der Waals surface area contributed by atoms with E-state index < -0.39 is 5.97 Å². The summed E-state index contributed by atoms with van der Waals surface area (Å²) >= 11 is 1.55. The molecule has 2 rings (SSSR count). The Kier molecular flexibility index (Phi) is 4.89. The number of likely N-dealkylation sites (tertiary alicyclic amines) is 1. The number of aliphatic carboxylic acids is 1. The number of aromatic nitrogens is 1. The molecule has 1 amide bonds. The van der Waals surface area contributed by atoms with Crippen molar-refractivity contribution < 1.29 is 14.7 Å². The number of carboxylic acid groups (broad SMARTS) is 1. The van der Waals surface area contributed by atoms with E-state index >= 15 is 0 Å². The maximum Gasteiger partial charge on any atom is 0.303 e. The van der Waals surface area contributed by atoms with Gasteiger partial charge in [0.15, 0.2) is 0 Å². The number of hydrogen-bond donors (Lipinski definition) is 1. The summed E-state index contributed by atoms with van der Waals surface area (Å²) in [6, 6.07) is 0. The number of amides is 1. The molecule has 1 aromatic rings. The minimum absolute atomic E-state index is 0.0237. The fraction of sp³-hybridized carbons (Fsp3) is 0.500. The second-order valence-corrected chi connectivity index (χ2v) is 6.05. The molecule has 1 aliphatic rings. The molecule has 0 spiro atoms. The van der Waals surface area contributed by atoms with Crippen molar-refractivity contribution in [3.63, 3.8) is 0 Å². The van der Waals surface area contributed by atoms with Crippen molar-refractivity contribution in [3.05, 3.63) is 22.2 Å². The van der Waals surface area contributed by atoms with Gasteiger partial charge in [0.1, 0.15) is 0 Å². The highest BCUT2D eigenvalue weighted by Gasteiger charge is 2.23. The van der Waals surface area contributed by atoms with Gasteiger partial charge in [-0.1, -0.05) is 0 Å². The zero-order chi connectivity index (χ0) is 14.5. The molecule has 1 N–H and O–H groups in total. The fourth-order valence-electron chi connectivity index (χ4n) is 2.32. The van der Waals surface area contributed by atoms with Gasteiger partial charge < -0.3 is 10.0 Å². The van der Waals surface area contributed by atoms with Gasteiger partial charge in [0.2, 0.25) is 5.91 Å². The van der Waals surface area contributed by atoms with Crippen LogP contribution in [0.3, 0.4) is 0 Å². The van der Waals surface area contributed by atoms with Gasteiger partial charge in [-0.05, 0) is 31.8 Å². The monoisotopic (exact) mass is 294 g/mol. The molecule has 0 aliphatic carbocycles. The van der Waals surface area contributed by atoms with Crippen LogP contribution in [0.4, 0.5) is 0 Å². The van der Waals surface area contributed by atoms with E-state index in [1.54, 1.807) is 28.4 Å². The van der Waals surface area contributed by atoms with Gasteiger partial charge >= 0.3 is 5.97 Å². The van der Waals surface area contributed by atoms with Crippen molar-refractivity contribution in [3.8, 4) is 0 Å². The molecule has 6 heteroatoms. The lowest BCUT2D eigenvalue weighted by molar-refractivity contribution is -0.138. The highest BCUT2D eigenvalue weighted by Crippen LogP contribution is 2.20. The standard InChI is InChI=1S/C14H18N2O3S/c1-10-15-12(9-20-10)2-3-13(17)16-6-4-11(5-7-16)8-14(18)19/h2-3,9,11H,4-8H2,1H3,(H,18,19). The van der Waals surface area contributed by atoms with Crippen LogP contribution in [-0.2, 0) is 9.59 Å². The Morgan fingerprint density at radius 2 is 2.20 bits per heavy atom. The Morgan fingerprint density at radius 1 is 1.50 bits per heavy atom. The molecule has 1 fully saturated rings. The lowest BCUT2D eigenvalue weighted by Crippen LogP contribution is -2.37. The van der Waals surface area contributed by atoms with Crippen LogP contribution in [0.25, 0.3) is 6.08 Å². The summed E-state index contributed by atoms with van der Waals surface area (Å²) in [6.45, 7) is 3.20. The first-order chi connectivity index (χ1) is 9.54. The van der Waals surface area contributed by atoms with E-state index in [4.69, 9.17) is 5.11 Å². The molecule has 20 heavy (non-hydrogen) atoms. The quantitative estimate of drug-likeness (QED) is 0.864. The smallest absolute Gasteiger partial charge is 0.303 e. The molecule has 0 saturated carbocycles. The van der Waals surface area contributed by atoms with Crippen molar-refractivity contribution in [1.82, 2.24) is 9.88 Å². The van der Waals surface area contributed by atoms with Crippen LogP contribution in [0.15, 0.2) is 11.5 Å². The first-order valence-electron chi connectivity index (χ1n) is 6.65. The predicted octanol–water partition coefficient (Wildman–Crippen LogP) is 2.18. The number of carbonyl (C=O) groups excluding carboxylic acids is 1. The van der Waals surface area contributed by atoms with Crippen molar-refractivity contribution in [2.75, 3.05) is 13.1 Å². The lowest BCUT2D eigenvalue weighted by Gasteiger charge is -2.30. The molecule has 1 aromatic heterocycles. The highest BCUT2D eigenvalue weighted by atomic mass is 32.1. The minimum atomic E-state index is -0.756. The predicted molar refractivity (Wildman–Crippen MR) is 77.4 cm³/mol. The third-order valence-corrected chi connectivity index (χ3v) is 4.21. The van der Waals surface area contributed by atoms with Gasteiger partial charge in [-0.25, -0.2) is 4.98 Å². The molecule has 108 valence electrons. The molecule has 0 unspecified atom stereocenters. The SMILES string of the molecule is Cc1nc(C=CC(=O)N2CCC(CC(=O)O)CC2)cs1. The first kappa shape index (κ1) is 14.7. The number of carbonyl (C=O) groups is 2. The van der Waals surface area contributed by atoms with Crippen LogP contribution < -0.4 is 0 Å². The molecule has 5 nitrogen and oxygen atoms in total. The van der Waals surface area contributed by atoms with Crippen molar-refractivity contribution in [2.45, 2.75) is 26.2 Å². The van der Waals surface area contributed by atoms with Gasteiger partial charge in [0.25, 0.3) is 0 Å². The van der Waals surface area contributed by atoms with E-state index in [9.17, 15) is 9.59 Å². The van der Waals surface area contributed by atoms with Crippen LogP contribution in [0.5, 0.6) is 0 Å². The Hall–Kier alpha value is -1.69. The molecular formula is C14H18N2O3S. The van der Waals surface area contributed by atoms with Crippen LogP contribution in [0, 0.1) is 12.8 Å². The van der Waals surface area contributed by atoms with Crippen LogP contribution in [0.2, 0.25) is 0 Å². The molecule has 0 aromatic carbocycles. The normalized spacial score (nSPS) is 16.8. The molecule has 0 bridgehead atoms. The zero-order valence-electron chi connectivity index (χ0n) is 11.4. The van der Waals surface area contributed by atoms with E-state index in [0.717, 1.165) is 23.5 Å². The van der Waals surface area contributed by atoms with Gasteiger partial charge in [-0.15, -0.1) is 11.3 Å². The lowest BCUT2D eigenvalue weighted by atomic mass is 9.93. The maximum atomic E-state index is 12.0. The molecule has 1 saturated heterocycles. The number of rotatable bonds is 4. The Bertz CT molecular complexity index is 516. The Balaban J connectivity index is 1.82. The number of thiazole rings is 1. The second-order valence-electron chi connectivity index (χ2n) is 4.99. The maximum absolute atomic E-state index is 12.0. The number of hydrogen-bond acceptors (Lipinski definition) is 4. The molecule has 2 heterocycles. The number of carboxylic acids is 1. The molecule has 0 atom stereocenters. The minimum Gasteiger partial charge on any atom is -0.481 e. The molecular weight excluding hydrogens is 276 g/mol. The van der Waals surface area contributed by atoms with Crippen molar-refractivity contribution in [1.29, 1.82) is 0 Å². The molecule has 0 radical (unpaired) electrons. The van der Waals surface area contributed by atoms with Crippen molar-refractivity contribution in [2.24, 2.45) is 5.92 Å². The van der Waals surface area contributed by atoms with E-state index in [1.807, 2.05) is 12.3 Å². The second kappa shape index (κ2) is 6.65. The van der Waals surface area contributed by atoms with Gasteiger partial charge in [0.05, 0.1) is 10.7 Å². The zero-order valence-corrected chi connectivity index (χ0v) is 12.2. The average molecular weight is 294 g/mol. The average Bonchev–Trinajstić information content (AvgIpc) is 2.82. The van der Waals surface area contributed by atoms with Crippen LogP contribution in [0.1, 0.15) is 30.0 Å². The van der Waals surface area contributed by atoms with E-state index in [1.165, 1.54) is 0 Å². The summed E-state index contributed by atoms with van der Waals surface area (Å²) in [7, 11) is 0. The third-order valence-electron chi connectivity index (χ3n) is 3.42. The largest absolute Gasteiger partial charge is 0.481 e. The topological polar surface area (TPSA) is 70.5 Å². The number of nitrogens with zero attached hydrogens (tertiary/aromatic N) is 2. The number of aryl methyl sites for hydroxylation is 1. The summed E-state index contributed by atoms with van der Waals surface area (Å²) < 4.78 is 0. The number of piperidine rings is 1. The van der Waals surface area contributed by atoms with Gasteiger partial charge in [0, 0.05) is 31.0 Å². The fourth-order valence-corrected chi connectivity index (χ4v) is 2.90. The van der Waals surface area contributed by atoms with Crippen LogP contribution >= 0.6 is 11.3 Å². The van der Waals surface area contributed by atoms with Crippen molar-refractivity contribution >= 4 is 29.3 Å². The summed E-state index contributed by atoms with van der Waals surface area (Å²) in [5.41, 5.74) is 0.807. The van der Waals surface area contributed by atoms with E-state index in [-0.39, 0.29) is 18.2 Å². The van der Waals surface area contributed by atoms with E-state index in [2.05, 4.69) is 4.98 Å². The van der Waals surface area contributed by atoms with Gasteiger partial charge in [-0.3, -0.25) is 9.59 Å². The van der Waals surface area contributed by atoms with E-state index in [0.29, 0.717) is 13.1 Å².